The van der Waals surface area contributed by atoms with E-state index in [1.807, 2.05) is 23.9 Å². The van der Waals surface area contributed by atoms with Gasteiger partial charge in [-0.3, -0.25) is 4.79 Å². The number of hydrogen-bond donors (Lipinski definition) is 2. The SMILES string of the molecule is CSC1CCC(NC(=O)c2cccc(C(N)=S)c2)C1. The third kappa shape index (κ3) is 3.70. The lowest BCUT2D eigenvalue weighted by atomic mass is 10.1. The highest BCUT2D eigenvalue weighted by Crippen LogP contribution is 2.28. The Morgan fingerprint density at radius 1 is 1.42 bits per heavy atom. The number of amides is 1. The molecule has 1 amide bonds. The van der Waals surface area contributed by atoms with Crippen LogP contribution < -0.4 is 11.1 Å². The maximum atomic E-state index is 12.2. The maximum absolute atomic E-state index is 12.2. The molecule has 19 heavy (non-hydrogen) atoms. The molecule has 5 heteroatoms. The van der Waals surface area contributed by atoms with Crippen molar-refractivity contribution in [2.24, 2.45) is 5.73 Å². The smallest absolute Gasteiger partial charge is 0.251 e. The minimum Gasteiger partial charge on any atom is -0.389 e. The van der Waals surface area contributed by atoms with Gasteiger partial charge in [0.1, 0.15) is 4.99 Å². The summed E-state index contributed by atoms with van der Waals surface area (Å²) < 4.78 is 0. The van der Waals surface area contributed by atoms with Gasteiger partial charge in [0.05, 0.1) is 0 Å². The van der Waals surface area contributed by atoms with E-state index >= 15 is 0 Å². The first kappa shape index (κ1) is 14.3. The van der Waals surface area contributed by atoms with Crippen LogP contribution in [0, 0.1) is 0 Å². The molecule has 1 aliphatic rings. The average Bonchev–Trinajstić information content (AvgIpc) is 2.86. The molecule has 2 atom stereocenters. The molecule has 1 fully saturated rings. The number of nitrogens with two attached hydrogens (primary N) is 1. The van der Waals surface area contributed by atoms with Crippen molar-refractivity contribution in [1.82, 2.24) is 5.32 Å². The summed E-state index contributed by atoms with van der Waals surface area (Å²) in [6, 6.07) is 7.45. The molecule has 3 nitrogen and oxygen atoms in total. The average molecular weight is 294 g/mol. The Morgan fingerprint density at radius 3 is 2.79 bits per heavy atom. The summed E-state index contributed by atoms with van der Waals surface area (Å²) in [6.07, 6.45) is 5.42. The van der Waals surface area contributed by atoms with Gasteiger partial charge in [-0.05, 0) is 37.7 Å². The molecule has 3 N–H and O–H groups in total. The van der Waals surface area contributed by atoms with Crippen LogP contribution in [0.15, 0.2) is 24.3 Å². The normalized spacial score (nSPS) is 22.2. The van der Waals surface area contributed by atoms with Crippen LogP contribution in [0.1, 0.15) is 35.2 Å². The topological polar surface area (TPSA) is 55.1 Å². The summed E-state index contributed by atoms with van der Waals surface area (Å²) >= 11 is 6.81. The van der Waals surface area contributed by atoms with Gasteiger partial charge in [-0.25, -0.2) is 0 Å². The first-order valence-corrected chi connectivity index (χ1v) is 8.03. The number of thiocarbonyl (C=S) groups is 1. The molecular weight excluding hydrogens is 276 g/mol. The van der Waals surface area contributed by atoms with E-state index in [2.05, 4.69) is 11.6 Å². The minimum atomic E-state index is -0.0372. The van der Waals surface area contributed by atoms with Crippen molar-refractivity contribution >= 4 is 34.9 Å². The Labute approximate surface area is 123 Å². The number of nitrogens with one attached hydrogen (secondary N) is 1. The Hall–Kier alpha value is -1.07. The molecule has 2 rings (SSSR count). The fraction of sp³-hybridized carbons (Fsp3) is 0.429. The predicted octanol–water partition coefficient (Wildman–Crippen LogP) is 2.33. The largest absolute Gasteiger partial charge is 0.389 e. The molecule has 1 aromatic carbocycles. The van der Waals surface area contributed by atoms with Gasteiger partial charge in [0.15, 0.2) is 0 Å². The summed E-state index contributed by atoms with van der Waals surface area (Å²) in [4.78, 5) is 12.5. The van der Waals surface area contributed by atoms with Crippen LogP contribution in [0.5, 0.6) is 0 Å². The zero-order valence-electron chi connectivity index (χ0n) is 10.9. The summed E-state index contributed by atoms with van der Waals surface area (Å²) in [5.74, 6) is -0.0372. The van der Waals surface area contributed by atoms with Gasteiger partial charge in [0.25, 0.3) is 5.91 Å². The van der Waals surface area contributed by atoms with E-state index in [0.717, 1.165) is 18.4 Å². The van der Waals surface area contributed by atoms with Crippen LogP contribution in [0.4, 0.5) is 0 Å². The quantitative estimate of drug-likeness (QED) is 0.837. The number of carbonyl (C=O) groups is 1. The van der Waals surface area contributed by atoms with Crippen molar-refractivity contribution in [3.8, 4) is 0 Å². The summed E-state index contributed by atoms with van der Waals surface area (Å²) in [5, 5.41) is 3.76. The summed E-state index contributed by atoms with van der Waals surface area (Å²) in [5.41, 5.74) is 6.94. The number of hydrogen-bond acceptors (Lipinski definition) is 3. The van der Waals surface area contributed by atoms with E-state index < -0.39 is 0 Å². The molecule has 2 unspecified atom stereocenters. The summed E-state index contributed by atoms with van der Waals surface area (Å²) in [7, 11) is 0. The predicted molar refractivity (Wildman–Crippen MR) is 84.7 cm³/mol. The summed E-state index contributed by atoms with van der Waals surface area (Å²) in [6.45, 7) is 0. The second kappa shape index (κ2) is 6.39. The van der Waals surface area contributed by atoms with Gasteiger partial charge >= 0.3 is 0 Å². The molecule has 0 aliphatic heterocycles. The lowest BCUT2D eigenvalue weighted by Crippen LogP contribution is -2.33. The van der Waals surface area contributed by atoms with E-state index in [1.54, 1.807) is 12.1 Å². The van der Waals surface area contributed by atoms with E-state index in [-0.39, 0.29) is 5.91 Å². The van der Waals surface area contributed by atoms with Gasteiger partial charge in [-0.2, -0.15) is 11.8 Å². The fourth-order valence-electron chi connectivity index (χ4n) is 2.37. The molecule has 1 aliphatic carbocycles. The van der Waals surface area contributed by atoms with Crippen LogP contribution >= 0.6 is 24.0 Å². The molecular formula is C14H18N2OS2. The van der Waals surface area contributed by atoms with Crippen molar-refractivity contribution in [2.75, 3.05) is 6.26 Å². The van der Waals surface area contributed by atoms with Crippen molar-refractivity contribution in [1.29, 1.82) is 0 Å². The fourth-order valence-corrected chi connectivity index (χ4v) is 3.29. The molecule has 1 saturated carbocycles. The third-order valence-corrected chi connectivity index (χ3v) is 4.79. The number of thioether (sulfide) groups is 1. The molecule has 0 aromatic heterocycles. The molecule has 102 valence electrons. The second-order valence-electron chi connectivity index (χ2n) is 4.79. The van der Waals surface area contributed by atoms with Crippen LogP contribution in [-0.2, 0) is 0 Å². The molecule has 0 radical (unpaired) electrons. The van der Waals surface area contributed by atoms with Crippen molar-refractivity contribution < 1.29 is 4.79 Å². The van der Waals surface area contributed by atoms with Crippen LogP contribution in [0.25, 0.3) is 0 Å². The molecule has 0 spiro atoms. The first-order chi connectivity index (χ1) is 9.10. The van der Waals surface area contributed by atoms with Crippen molar-refractivity contribution in [2.45, 2.75) is 30.6 Å². The monoisotopic (exact) mass is 294 g/mol. The third-order valence-electron chi connectivity index (χ3n) is 3.46. The van der Waals surface area contributed by atoms with Gasteiger partial charge < -0.3 is 11.1 Å². The van der Waals surface area contributed by atoms with Crippen LogP contribution in [0.2, 0.25) is 0 Å². The first-order valence-electron chi connectivity index (χ1n) is 6.33. The Kier molecular flexibility index (Phi) is 4.82. The Balaban J connectivity index is 2.00. The van der Waals surface area contributed by atoms with E-state index in [9.17, 15) is 4.79 Å². The molecule has 0 bridgehead atoms. The van der Waals surface area contributed by atoms with E-state index in [1.165, 1.54) is 6.42 Å². The highest BCUT2D eigenvalue weighted by molar-refractivity contribution is 7.99. The van der Waals surface area contributed by atoms with Crippen molar-refractivity contribution in [3.63, 3.8) is 0 Å². The van der Waals surface area contributed by atoms with Crippen molar-refractivity contribution in [3.05, 3.63) is 35.4 Å². The molecule has 0 saturated heterocycles. The minimum absolute atomic E-state index is 0.0372. The van der Waals surface area contributed by atoms with E-state index in [4.69, 9.17) is 18.0 Å². The standard InChI is InChI=1S/C14H18N2OS2/c1-19-12-6-5-11(8-12)16-14(17)10-4-2-3-9(7-10)13(15)18/h2-4,7,11-12H,5-6,8H2,1H3,(H2,15,18)(H,16,17). The molecule has 1 aromatic rings. The van der Waals surface area contributed by atoms with Crippen LogP contribution in [0.3, 0.4) is 0 Å². The lowest BCUT2D eigenvalue weighted by molar-refractivity contribution is 0.0938. The maximum Gasteiger partial charge on any atom is 0.251 e. The van der Waals surface area contributed by atoms with Gasteiger partial charge in [-0.1, -0.05) is 24.4 Å². The van der Waals surface area contributed by atoms with E-state index in [0.29, 0.717) is 21.8 Å². The Bertz CT molecular complexity index is 490. The highest BCUT2D eigenvalue weighted by atomic mass is 32.2. The number of rotatable bonds is 4. The zero-order valence-corrected chi connectivity index (χ0v) is 12.5. The zero-order chi connectivity index (χ0) is 13.8. The number of carbonyl (C=O) groups excluding carboxylic acids is 1. The van der Waals surface area contributed by atoms with Gasteiger partial charge in [0.2, 0.25) is 0 Å². The Morgan fingerprint density at radius 2 is 2.16 bits per heavy atom. The second-order valence-corrected chi connectivity index (χ2v) is 6.36. The molecule has 0 heterocycles. The lowest BCUT2D eigenvalue weighted by Gasteiger charge is -2.13. The van der Waals surface area contributed by atoms with Crippen LogP contribution in [-0.4, -0.2) is 28.4 Å². The number of benzene rings is 1. The van der Waals surface area contributed by atoms with Gasteiger partial charge in [0, 0.05) is 22.4 Å². The highest BCUT2D eigenvalue weighted by Gasteiger charge is 2.25. The van der Waals surface area contributed by atoms with Gasteiger partial charge in [-0.15, -0.1) is 0 Å².